The van der Waals surface area contributed by atoms with Gasteiger partial charge in [0.15, 0.2) is 0 Å². The van der Waals surface area contributed by atoms with Crippen molar-refractivity contribution >= 4 is 39.3 Å². The summed E-state index contributed by atoms with van der Waals surface area (Å²) in [4.78, 5) is 35.3. The fourth-order valence-corrected chi connectivity index (χ4v) is 2.24. The van der Waals surface area contributed by atoms with Crippen LogP contribution in [0.5, 0.6) is 0 Å². The first-order chi connectivity index (χ1) is 8.50. The van der Waals surface area contributed by atoms with E-state index in [1.807, 2.05) is 0 Å². The topological polar surface area (TPSA) is 74.7 Å². The molecule has 1 aromatic carbocycles. The molecular weight excluding hydrogens is 302 g/mol. The van der Waals surface area contributed by atoms with Gasteiger partial charge in [-0.15, -0.1) is 0 Å². The molecule has 1 aliphatic rings. The normalized spacial score (nSPS) is 13.9. The summed E-state index contributed by atoms with van der Waals surface area (Å²) in [5, 5.41) is 8.56. The maximum atomic E-state index is 11.8. The molecular formula is C12H10BrNO4. The number of fused-ring (bicyclic) bond motifs is 1. The van der Waals surface area contributed by atoms with E-state index in [0.29, 0.717) is 17.7 Å². The van der Waals surface area contributed by atoms with Gasteiger partial charge in [0.25, 0.3) is 11.7 Å². The summed E-state index contributed by atoms with van der Waals surface area (Å²) in [7, 11) is 0. The molecule has 0 saturated heterocycles. The molecule has 1 aliphatic heterocycles. The molecule has 2 rings (SSSR count). The zero-order valence-corrected chi connectivity index (χ0v) is 10.9. The van der Waals surface area contributed by atoms with E-state index in [1.165, 1.54) is 4.90 Å². The van der Waals surface area contributed by atoms with Gasteiger partial charge in [0, 0.05) is 17.4 Å². The van der Waals surface area contributed by atoms with Crippen LogP contribution in [0.15, 0.2) is 22.7 Å². The lowest BCUT2D eigenvalue weighted by Gasteiger charge is -2.15. The second-order valence-electron chi connectivity index (χ2n) is 3.94. The smallest absolute Gasteiger partial charge is 0.303 e. The molecule has 0 saturated carbocycles. The first-order valence-corrected chi connectivity index (χ1v) is 6.17. The number of benzene rings is 1. The Kier molecular flexibility index (Phi) is 3.47. The van der Waals surface area contributed by atoms with Gasteiger partial charge in [-0.05, 0) is 24.6 Å². The Morgan fingerprint density at radius 3 is 2.72 bits per heavy atom. The molecule has 0 fully saturated rings. The van der Waals surface area contributed by atoms with Crippen LogP contribution in [-0.2, 0) is 9.59 Å². The van der Waals surface area contributed by atoms with Gasteiger partial charge in [-0.25, -0.2) is 0 Å². The number of carbonyl (C=O) groups excluding carboxylic acids is 2. The number of nitrogens with zero attached hydrogens (tertiary/aromatic N) is 1. The number of ketones is 1. The molecule has 0 atom stereocenters. The van der Waals surface area contributed by atoms with Crippen molar-refractivity contribution in [2.45, 2.75) is 12.8 Å². The van der Waals surface area contributed by atoms with Crippen molar-refractivity contribution < 1.29 is 19.5 Å². The summed E-state index contributed by atoms with van der Waals surface area (Å²) in [6.07, 6.45) is 0.299. The average Bonchev–Trinajstić information content (AvgIpc) is 2.54. The number of anilines is 1. The Morgan fingerprint density at radius 1 is 1.33 bits per heavy atom. The van der Waals surface area contributed by atoms with Crippen molar-refractivity contribution in [2.75, 3.05) is 11.4 Å². The molecule has 0 spiro atoms. The van der Waals surface area contributed by atoms with Crippen molar-refractivity contribution in [3.8, 4) is 0 Å². The molecule has 0 radical (unpaired) electrons. The van der Waals surface area contributed by atoms with Gasteiger partial charge in [-0.3, -0.25) is 14.4 Å². The van der Waals surface area contributed by atoms with E-state index in [2.05, 4.69) is 15.9 Å². The van der Waals surface area contributed by atoms with E-state index in [9.17, 15) is 14.4 Å². The second kappa shape index (κ2) is 4.89. The minimum Gasteiger partial charge on any atom is -0.481 e. The highest BCUT2D eigenvalue weighted by atomic mass is 79.9. The summed E-state index contributed by atoms with van der Waals surface area (Å²) in [5.41, 5.74) is 0.920. The number of Topliss-reactive ketones (excluding diaryl/α,β-unsaturated/α-hetero) is 1. The Balaban J connectivity index is 2.21. The second-order valence-corrected chi connectivity index (χ2v) is 4.86. The average molecular weight is 312 g/mol. The third-order valence-electron chi connectivity index (χ3n) is 2.71. The number of aliphatic carboxylic acids is 1. The number of carboxylic acid groups (broad SMARTS) is 1. The molecule has 0 aliphatic carbocycles. The largest absolute Gasteiger partial charge is 0.481 e. The van der Waals surface area contributed by atoms with Crippen LogP contribution in [0.4, 0.5) is 5.69 Å². The highest BCUT2D eigenvalue weighted by Gasteiger charge is 2.35. The van der Waals surface area contributed by atoms with Crippen molar-refractivity contribution in [3.05, 3.63) is 28.2 Å². The zero-order valence-electron chi connectivity index (χ0n) is 9.35. The van der Waals surface area contributed by atoms with E-state index >= 15 is 0 Å². The van der Waals surface area contributed by atoms with Gasteiger partial charge >= 0.3 is 5.97 Å². The summed E-state index contributed by atoms with van der Waals surface area (Å²) in [6.45, 7) is 0.242. The maximum Gasteiger partial charge on any atom is 0.303 e. The van der Waals surface area contributed by atoms with E-state index in [-0.39, 0.29) is 13.0 Å². The lowest BCUT2D eigenvalue weighted by Crippen LogP contribution is -2.30. The van der Waals surface area contributed by atoms with E-state index < -0.39 is 17.7 Å². The van der Waals surface area contributed by atoms with E-state index in [0.717, 1.165) is 4.47 Å². The predicted molar refractivity (Wildman–Crippen MR) is 67.7 cm³/mol. The molecule has 94 valence electrons. The van der Waals surface area contributed by atoms with E-state index in [1.54, 1.807) is 18.2 Å². The van der Waals surface area contributed by atoms with Gasteiger partial charge in [-0.1, -0.05) is 15.9 Å². The summed E-state index contributed by atoms with van der Waals surface area (Å²) < 4.78 is 0.731. The van der Waals surface area contributed by atoms with Gasteiger partial charge in [-0.2, -0.15) is 0 Å². The molecule has 1 heterocycles. The number of hydrogen-bond donors (Lipinski definition) is 1. The molecule has 18 heavy (non-hydrogen) atoms. The highest BCUT2D eigenvalue weighted by Crippen LogP contribution is 2.31. The summed E-state index contributed by atoms with van der Waals surface area (Å²) in [5.74, 6) is -2.04. The number of rotatable bonds is 4. The Bertz CT molecular complexity index is 541. The Hall–Kier alpha value is -1.69. The number of amides is 1. The lowest BCUT2D eigenvalue weighted by atomic mass is 10.1. The monoisotopic (exact) mass is 311 g/mol. The number of halogens is 1. The van der Waals surface area contributed by atoms with Crippen LogP contribution in [0.2, 0.25) is 0 Å². The van der Waals surface area contributed by atoms with Gasteiger partial charge in [0.1, 0.15) is 0 Å². The van der Waals surface area contributed by atoms with Crippen LogP contribution >= 0.6 is 15.9 Å². The van der Waals surface area contributed by atoms with Gasteiger partial charge in [0.05, 0.1) is 11.3 Å². The molecule has 0 unspecified atom stereocenters. The molecule has 0 aromatic heterocycles. The number of carboxylic acids is 1. The van der Waals surface area contributed by atoms with Gasteiger partial charge < -0.3 is 10.0 Å². The number of hydrogen-bond acceptors (Lipinski definition) is 3. The van der Waals surface area contributed by atoms with Crippen molar-refractivity contribution in [3.63, 3.8) is 0 Å². The summed E-state index contributed by atoms with van der Waals surface area (Å²) >= 11 is 3.24. The van der Waals surface area contributed by atoms with Gasteiger partial charge in [0.2, 0.25) is 0 Å². The van der Waals surface area contributed by atoms with Crippen molar-refractivity contribution in [2.24, 2.45) is 0 Å². The zero-order chi connectivity index (χ0) is 13.3. The van der Waals surface area contributed by atoms with Crippen molar-refractivity contribution in [1.82, 2.24) is 0 Å². The summed E-state index contributed by atoms with van der Waals surface area (Å²) in [6, 6.07) is 5.03. The van der Waals surface area contributed by atoms with Crippen LogP contribution in [0.3, 0.4) is 0 Å². The number of carbonyl (C=O) groups is 3. The molecule has 1 N–H and O–H groups in total. The minimum atomic E-state index is -0.913. The van der Waals surface area contributed by atoms with Crippen molar-refractivity contribution in [1.29, 1.82) is 0 Å². The fraction of sp³-hybridized carbons (Fsp3) is 0.250. The standard InChI is InChI=1S/C12H10BrNO4/c13-7-3-4-9-8(6-7)11(17)12(18)14(9)5-1-2-10(15)16/h3-4,6H,1-2,5H2,(H,15,16). The van der Waals surface area contributed by atoms with Crippen LogP contribution in [0.25, 0.3) is 0 Å². The Labute approximate surface area is 112 Å². The SMILES string of the molecule is O=C(O)CCCN1C(=O)C(=O)c2cc(Br)ccc21. The first kappa shape index (κ1) is 12.8. The quantitative estimate of drug-likeness (QED) is 0.861. The third-order valence-corrected chi connectivity index (χ3v) is 3.20. The van der Waals surface area contributed by atoms with Crippen LogP contribution < -0.4 is 4.90 Å². The molecule has 6 heteroatoms. The lowest BCUT2D eigenvalue weighted by molar-refractivity contribution is -0.137. The van der Waals surface area contributed by atoms with Crippen LogP contribution in [-0.4, -0.2) is 29.3 Å². The predicted octanol–water partition coefficient (Wildman–Crippen LogP) is 1.84. The molecule has 1 aromatic rings. The molecule has 5 nitrogen and oxygen atoms in total. The molecule has 1 amide bonds. The highest BCUT2D eigenvalue weighted by molar-refractivity contribution is 9.10. The van der Waals surface area contributed by atoms with Crippen LogP contribution in [0, 0.1) is 0 Å². The third kappa shape index (κ3) is 2.28. The maximum absolute atomic E-state index is 11.8. The fourth-order valence-electron chi connectivity index (χ4n) is 1.88. The van der Waals surface area contributed by atoms with Crippen LogP contribution in [0.1, 0.15) is 23.2 Å². The van der Waals surface area contributed by atoms with E-state index in [4.69, 9.17) is 5.11 Å². The first-order valence-electron chi connectivity index (χ1n) is 5.38. The Morgan fingerprint density at radius 2 is 2.06 bits per heavy atom. The minimum absolute atomic E-state index is 0.0240. The molecule has 0 bridgehead atoms.